The van der Waals surface area contributed by atoms with Crippen LogP contribution in [0.15, 0.2) is 29.2 Å². The molecule has 1 aliphatic rings. The Morgan fingerprint density at radius 1 is 1.19 bits per heavy atom. The fourth-order valence-corrected chi connectivity index (χ4v) is 3.48. The first kappa shape index (κ1) is 16.0. The molecular formula is C16H23NO3S. The van der Waals surface area contributed by atoms with E-state index >= 15 is 0 Å². The van der Waals surface area contributed by atoms with Crippen LogP contribution in [0.1, 0.15) is 48.9 Å². The zero-order valence-corrected chi connectivity index (χ0v) is 13.3. The molecule has 1 fully saturated rings. The lowest BCUT2D eigenvalue weighted by Crippen LogP contribution is -2.24. The largest absolute Gasteiger partial charge is 0.352 e. The maximum absolute atomic E-state index is 11.9. The van der Waals surface area contributed by atoms with E-state index in [-0.39, 0.29) is 10.8 Å². The Bertz CT molecular complexity index is 572. The van der Waals surface area contributed by atoms with Crippen LogP contribution in [0.4, 0.5) is 0 Å². The van der Waals surface area contributed by atoms with Crippen molar-refractivity contribution in [2.24, 2.45) is 5.92 Å². The van der Waals surface area contributed by atoms with E-state index in [2.05, 4.69) is 5.32 Å². The van der Waals surface area contributed by atoms with Crippen molar-refractivity contribution in [2.45, 2.75) is 43.4 Å². The minimum atomic E-state index is -3.21. The van der Waals surface area contributed by atoms with Crippen LogP contribution in [-0.2, 0) is 9.84 Å². The van der Waals surface area contributed by atoms with E-state index in [1.807, 2.05) is 0 Å². The molecule has 1 aliphatic carbocycles. The lowest BCUT2D eigenvalue weighted by Gasteiger charge is -2.09. The highest BCUT2D eigenvalue weighted by molar-refractivity contribution is 7.90. The molecule has 1 amide bonds. The normalized spacial score (nSPS) is 16.0. The SMILES string of the molecule is CS(=O)(=O)c1ccc(C(=O)NCCCC2CCCC2)cc1. The summed E-state index contributed by atoms with van der Waals surface area (Å²) in [7, 11) is -3.21. The average molecular weight is 309 g/mol. The number of carbonyl (C=O) groups excluding carboxylic acids is 1. The second kappa shape index (κ2) is 7.07. The van der Waals surface area contributed by atoms with Crippen LogP contribution >= 0.6 is 0 Å². The highest BCUT2D eigenvalue weighted by Crippen LogP contribution is 2.28. The first-order valence-corrected chi connectivity index (χ1v) is 9.44. The molecule has 2 rings (SSSR count). The Hall–Kier alpha value is -1.36. The number of carbonyl (C=O) groups is 1. The molecule has 1 N–H and O–H groups in total. The Morgan fingerprint density at radius 3 is 2.38 bits per heavy atom. The molecule has 0 radical (unpaired) electrons. The van der Waals surface area contributed by atoms with E-state index in [1.165, 1.54) is 44.2 Å². The van der Waals surface area contributed by atoms with Crippen molar-refractivity contribution in [2.75, 3.05) is 12.8 Å². The molecule has 1 saturated carbocycles. The number of sulfone groups is 1. The lowest BCUT2D eigenvalue weighted by molar-refractivity contribution is 0.0952. The van der Waals surface area contributed by atoms with E-state index in [4.69, 9.17) is 0 Å². The van der Waals surface area contributed by atoms with Gasteiger partial charge in [-0.3, -0.25) is 4.79 Å². The molecule has 21 heavy (non-hydrogen) atoms. The number of nitrogens with one attached hydrogen (secondary N) is 1. The summed E-state index contributed by atoms with van der Waals surface area (Å²) in [5, 5.41) is 2.89. The topological polar surface area (TPSA) is 63.2 Å². The molecule has 0 spiro atoms. The van der Waals surface area contributed by atoms with Gasteiger partial charge in [-0.1, -0.05) is 25.7 Å². The van der Waals surface area contributed by atoms with Crippen molar-refractivity contribution in [3.8, 4) is 0 Å². The fraction of sp³-hybridized carbons (Fsp3) is 0.562. The summed E-state index contributed by atoms with van der Waals surface area (Å²) >= 11 is 0. The van der Waals surface area contributed by atoms with Crippen LogP contribution in [0.25, 0.3) is 0 Å². The van der Waals surface area contributed by atoms with Crippen molar-refractivity contribution >= 4 is 15.7 Å². The van der Waals surface area contributed by atoms with Crippen LogP contribution in [0.2, 0.25) is 0 Å². The molecule has 1 aromatic carbocycles. The van der Waals surface area contributed by atoms with Crippen LogP contribution in [-0.4, -0.2) is 27.1 Å². The molecule has 0 aliphatic heterocycles. The van der Waals surface area contributed by atoms with Crippen LogP contribution in [0.5, 0.6) is 0 Å². The van der Waals surface area contributed by atoms with Gasteiger partial charge < -0.3 is 5.32 Å². The lowest BCUT2D eigenvalue weighted by atomic mass is 10.0. The molecule has 0 saturated heterocycles. The molecule has 0 aromatic heterocycles. The molecule has 0 unspecified atom stereocenters. The van der Waals surface area contributed by atoms with Crippen LogP contribution in [0, 0.1) is 5.92 Å². The highest BCUT2D eigenvalue weighted by Gasteiger charge is 2.14. The third-order valence-corrected chi connectivity index (χ3v) is 5.22. The van der Waals surface area contributed by atoms with Gasteiger partial charge in [0.25, 0.3) is 5.91 Å². The van der Waals surface area contributed by atoms with Crippen molar-refractivity contribution in [1.82, 2.24) is 5.32 Å². The number of hydrogen-bond donors (Lipinski definition) is 1. The summed E-state index contributed by atoms with van der Waals surface area (Å²) in [6.45, 7) is 0.684. The number of hydrogen-bond acceptors (Lipinski definition) is 3. The smallest absolute Gasteiger partial charge is 0.251 e. The van der Waals surface area contributed by atoms with Gasteiger partial charge in [0.15, 0.2) is 9.84 Å². The zero-order valence-electron chi connectivity index (χ0n) is 12.5. The van der Waals surface area contributed by atoms with Crippen molar-refractivity contribution in [1.29, 1.82) is 0 Å². The molecule has 0 atom stereocenters. The first-order chi connectivity index (χ1) is 9.97. The predicted octanol–water partition coefficient (Wildman–Crippen LogP) is 2.79. The monoisotopic (exact) mass is 309 g/mol. The van der Waals surface area contributed by atoms with Gasteiger partial charge >= 0.3 is 0 Å². The van der Waals surface area contributed by atoms with Crippen molar-refractivity contribution in [3.05, 3.63) is 29.8 Å². The Labute approximate surface area is 126 Å². The standard InChI is InChI=1S/C16H23NO3S/c1-21(19,20)15-10-8-14(9-11-15)16(18)17-12-4-7-13-5-2-3-6-13/h8-11,13H,2-7,12H2,1H3,(H,17,18). The summed E-state index contributed by atoms with van der Waals surface area (Å²) < 4.78 is 22.7. The molecule has 5 heteroatoms. The minimum absolute atomic E-state index is 0.138. The summed E-state index contributed by atoms with van der Waals surface area (Å²) in [6.07, 6.45) is 8.73. The van der Waals surface area contributed by atoms with Crippen molar-refractivity contribution < 1.29 is 13.2 Å². The molecular weight excluding hydrogens is 286 g/mol. The first-order valence-electron chi connectivity index (χ1n) is 7.55. The van der Waals surface area contributed by atoms with Crippen molar-refractivity contribution in [3.63, 3.8) is 0 Å². The van der Waals surface area contributed by atoms with Gasteiger partial charge in [0.1, 0.15) is 0 Å². The third kappa shape index (κ3) is 4.84. The Balaban J connectivity index is 1.77. The van der Waals surface area contributed by atoms with Gasteiger partial charge in [0, 0.05) is 18.4 Å². The Kier molecular flexibility index (Phi) is 5.39. The maximum Gasteiger partial charge on any atom is 0.251 e. The molecule has 1 aromatic rings. The highest BCUT2D eigenvalue weighted by atomic mass is 32.2. The number of amides is 1. The summed E-state index contributed by atoms with van der Waals surface area (Å²) in [5.41, 5.74) is 0.503. The van der Waals surface area contributed by atoms with Crippen LogP contribution in [0.3, 0.4) is 0 Å². The zero-order chi connectivity index (χ0) is 15.3. The van der Waals surface area contributed by atoms with Gasteiger partial charge in [0.2, 0.25) is 0 Å². The third-order valence-electron chi connectivity index (χ3n) is 4.09. The van der Waals surface area contributed by atoms with E-state index in [0.717, 1.165) is 18.6 Å². The van der Waals surface area contributed by atoms with E-state index < -0.39 is 9.84 Å². The summed E-state index contributed by atoms with van der Waals surface area (Å²) in [6, 6.07) is 6.07. The van der Waals surface area contributed by atoms with E-state index in [0.29, 0.717) is 12.1 Å². The maximum atomic E-state index is 11.9. The quantitative estimate of drug-likeness (QED) is 0.822. The average Bonchev–Trinajstić information content (AvgIpc) is 2.96. The summed E-state index contributed by atoms with van der Waals surface area (Å²) in [5.74, 6) is 0.706. The van der Waals surface area contributed by atoms with Gasteiger partial charge in [0.05, 0.1) is 4.90 Å². The molecule has 116 valence electrons. The number of benzene rings is 1. The molecule has 4 nitrogen and oxygen atoms in total. The molecule has 0 bridgehead atoms. The van der Waals surface area contributed by atoms with Gasteiger partial charge in [-0.2, -0.15) is 0 Å². The van der Waals surface area contributed by atoms with E-state index in [1.54, 1.807) is 12.1 Å². The minimum Gasteiger partial charge on any atom is -0.352 e. The van der Waals surface area contributed by atoms with E-state index in [9.17, 15) is 13.2 Å². The van der Waals surface area contributed by atoms with Crippen LogP contribution < -0.4 is 5.32 Å². The predicted molar refractivity (Wildman–Crippen MR) is 83.1 cm³/mol. The van der Waals surface area contributed by atoms with Gasteiger partial charge in [-0.05, 0) is 43.0 Å². The molecule has 0 heterocycles. The number of rotatable bonds is 6. The Morgan fingerprint density at radius 2 is 1.81 bits per heavy atom. The fourth-order valence-electron chi connectivity index (χ4n) is 2.85. The summed E-state index contributed by atoms with van der Waals surface area (Å²) in [4.78, 5) is 12.2. The van der Waals surface area contributed by atoms with Gasteiger partial charge in [-0.15, -0.1) is 0 Å². The second-order valence-electron chi connectivity index (χ2n) is 5.85. The van der Waals surface area contributed by atoms with Gasteiger partial charge in [-0.25, -0.2) is 8.42 Å². The second-order valence-corrected chi connectivity index (χ2v) is 7.86.